The molecule has 110 valence electrons. The summed E-state index contributed by atoms with van der Waals surface area (Å²) < 4.78 is 0. The van der Waals surface area contributed by atoms with Gasteiger partial charge in [0.1, 0.15) is 5.82 Å². The summed E-state index contributed by atoms with van der Waals surface area (Å²) in [6, 6.07) is 5.27. The number of aryl methyl sites for hydroxylation is 1. The molecule has 20 heavy (non-hydrogen) atoms. The molecule has 1 aliphatic heterocycles. The van der Waals surface area contributed by atoms with Crippen molar-refractivity contribution in [2.75, 3.05) is 18.0 Å². The van der Waals surface area contributed by atoms with Crippen molar-refractivity contribution in [1.82, 2.24) is 10.3 Å². The van der Waals surface area contributed by atoms with Gasteiger partial charge in [0.05, 0.1) is 0 Å². The predicted molar refractivity (Wildman–Crippen MR) is 84.0 cm³/mol. The second-order valence-electron chi connectivity index (χ2n) is 6.87. The largest absolute Gasteiger partial charge is 0.356 e. The van der Waals surface area contributed by atoms with Crippen LogP contribution in [0, 0.1) is 18.8 Å². The molecule has 1 aromatic rings. The van der Waals surface area contributed by atoms with Crippen molar-refractivity contribution >= 4 is 5.82 Å². The van der Waals surface area contributed by atoms with Gasteiger partial charge in [-0.15, -0.1) is 0 Å². The fraction of sp³-hybridized carbons (Fsp3) is 0.706. The minimum Gasteiger partial charge on any atom is -0.356 e. The Kier molecular flexibility index (Phi) is 3.97. The number of pyridine rings is 1. The van der Waals surface area contributed by atoms with Crippen molar-refractivity contribution in [3.63, 3.8) is 0 Å². The average molecular weight is 273 g/mol. The van der Waals surface area contributed by atoms with Gasteiger partial charge in [0, 0.05) is 31.4 Å². The van der Waals surface area contributed by atoms with Gasteiger partial charge in [0.2, 0.25) is 0 Å². The third-order valence-corrected chi connectivity index (χ3v) is 4.66. The molecule has 0 amide bonds. The van der Waals surface area contributed by atoms with Crippen LogP contribution >= 0.6 is 0 Å². The molecule has 0 bridgehead atoms. The summed E-state index contributed by atoms with van der Waals surface area (Å²) in [6.45, 7) is 10.1. The molecule has 3 rings (SSSR count). The lowest BCUT2D eigenvalue weighted by Crippen LogP contribution is -2.23. The fourth-order valence-corrected chi connectivity index (χ4v) is 3.07. The molecule has 1 atom stereocenters. The van der Waals surface area contributed by atoms with Crippen molar-refractivity contribution in [2.45, 2.75) is 52.6 Å². The average Bonchev–Trinajstić information content (AvgIpc) is 3.09. The van der Waals surface area contributed by atoms with Gasteiger partial charge >= 0.3 is 0 Å². The molecule has 1 saturated heterocycles. The second-order valence-corrected chi connectivity index (χ2v) is 6.87. The van der Waals surface area contributed by atoms with Crippen LogP contribution in [0.1, 0.15) is 44.4 Å². The van der Waals surface area contributed by atoms with Crippen molar-refractivity contribution in [2.24, 2.45) is 11.8 Å². The van der Waals surface area contributed by atoms with E-state index in [9.17, 15) is 0 Å². The summed E-state index contributed by atoms with van der Waals surface area (Å²) >= 11 is 0. The standard InChI is InChI=1S/C17H27N3/c1-12(2)15-6-7-20(11-15)17-9-14(8-13(3)19-17)10-18-16-4-5-16/h8-9,12,15-16,18H,4-7,10-11H2,1-3H3. The highest BCUT2D eigenvalue weighted by atomic mass is 15.2. The zero-order valence-corrected chi connectivity index (χ0v) is 13.0. The first-order valence-electron chi connectivity index (χ1n) is 8.07. The first-order valence-corrected chi connectivity index (χ1v) is 8.07. The van der Waals surface area contributed by atoms with Crippen molar-refractivity contribution in [3.8, 4) is 0 Å². The van der Waals surface area contributed by atoms with E-state index in [0.717, 1.165) is 36.7 Å². The first kappa shape index (κ1) is 13.9. The Hall–Kier alpha value is -1.09. The third kappa shape index (κ3) is 3.32. The molecule has 1 N–H and O–H groups in total. The summed E-state index contributed by atoms with van der Waals surface area (Å²) in [5.41, 5.74) is 2.52. The number of nitrogens with zero attached hydrogens (tertiary/aromatic N) is 2. The molecule has 1 saturated carbocycles. The first-order chi connectivity index (χ1) is 9.61. The van der Waals surface area contributed by atoms with E-state index in [0.29, 0.717) is 0 Å². The molecule has 2 aliphatic rings. The lowest BCUT2D eigenvalue weighted by molar-refractivity contribution is 0.422. The normalized spacial score (nSPS) is 22.8. The summed E-state index contributed by atoms with van der Waals surface area (Å²) in [5.74, 6) is 2.78. The predicted octanol–water partition coefficient (Wildman–Crippen LogP) is 3.12. The lowest BCUT2D eigenvalue weighted by Gasteiger charge is -2.20. The van der Waals surface area contributed by atoms with E-state index in [-0.39, 0.29) is 0 Å². The summed E-state index contributed by atoms with van der Waals surface area (Å²) in [4.78, 5) is 7.22. The maximum absolute atomic E-state index is 4.75. The second kappa shape index (κ2) is 5.72. The molecule has 3 heteroatoms. The molecule has 1 unspecified atom stereocenters. The van der Waals surface area contributed by atoms with Gasteiger partial charge in [0.25, 0.3) is 0 Å². The van der Waals surface area contributed by atoms with Gasteiger partial charge in [-0.1, -0.05) is 13.8 Å². The van der Waals surface area contributed by atoms with Gasteiger partial charge in [-0.25, -0.2) is 4.98 Å². The fourth-order valence-electron chi connectivity index (χ4n) is 3.07. The highest BCUT2D eigenvalue weighted by molar-refractivity contribution is 5.43. The number of anilines is 1. The van der Waals surface area contributed by atoms with Gasteiger partial charge < -0.3 is 10.2 Å². The maximum Gasteiger partial charge on any atom is 0.129 e. The number of hydrogen-bond donors (Lipinski definition) is 1. The van der Waals surface area contributed by atoms with Crippen LogP contribution in [0.25, 0.3) is 0 Å². The molecule has 1 aromatic heterocycles. The minimum atomic E-state index is 0.768. The Morgan fingerprint density at radius 1 is 1.30 bits per heavy atom. The van der Waals surface area contributed by atoms with Gasteiger partial charge in [-0.3, -0.25) is 0 Å². The Morgan fingerprint density at radius 3 is 2.75 bits per heavy atom. The van der Waals surface area contributed by atoms with E-state index in [2.05, 4.69) is 43.1 Å². The van der Waals surface area contributed by atoms with E-state index in [1.165, 1.54) is 37.2 Å². The van der Waals surface area contributed by atoms with Gasteiger partial charge in [-0.2, -0.15) is 0 Å². The van der Waals surface area contributed by atoms with Crippen LogP contribution in [0.4, 0.5) is 5.82 Å². The zero-order chi connectivity index (χ0) is 14.1. The maximum atomic E-state index is 4.75. The molecule has 0 spiro atoms. The quantitative estimate of drug-likeness (QED) is 0.893. The number of nitrogens with one attached hydrogen (secondary N) is 1. The van der Waals surface area contributed by atoms with Crippen molar-refractivity contribution in [1.29, 1.82) is 0 Å². The molecule has 1 aliphatic carbocycles. The smallest absolute Gasteiger partial charge is 0.129 e. The monoisotopic (exact) mass is 273 g/mol. The number of rotatable bonds is 5. The third-order valence-electron chi connectivity index (χ3n) is 4.66. The molecular weight excluding hydrogens is 246 g/mol. The molecule has 0 aromatic carbocycles. The molecule has 2 fully saturated rings. The molecule has 3 nitrogen and oxygen atoms in total. The molecular formula is C17H27N3. The summed E-state index contributed by atoms with van der Waals surface area (Å²) in [6.07, 6.45) is 4.00. The van der Waals surface area contributed by atoms with E-state index in [4.69, 9.17) is 4.98 Å². The van der Waals surface area contributed by atoms with Crippen molar-refractivity contribution in [3.05, 3.63) is 23.4 Å². The van der Waals surface area contributed by atoms with E-state index in [1.54, 1.807) is 0 Å². The SMILES string of the molecule is Cc1cc(CNC2CC2)cc(N2CCC(C(C)C)C2)n1. The summed E-state index contributed by atoms with van der Waals surface area (Å²) in [7, 11) is 0. The number of aromatic nitrogens is 1. The zero-order valence-electron chi connectivity index (χ0n) is 13.0. The van der Waals surface area contributed by atoms with Crippen LogP contribution in [0.2, 0.25) is 0 Å². The Labute approximate surface area is 122 Å². The van der Waals surface area contributed by atoms with Crippen LogP contribution in [0.15, 0.2) is 12.1 Å². The van der Waals surface area contributed by atoms with Crippen LogP contribution in [-0.4, -0.2) is 24.1 Å². The highest BCUT2D eigenvalue weighted by Gasteiger charge is 2.26. The topological polar surface area (TPSA) is 28.2 Å². The van der Waals surface area contributed by atoms with E-state index >= 15 is 0 Å². The Balaban J connectivity index is 1.68. The van der Waals surface area contributed by atoms with Crippen molar-refractivity contribution < 1.29 is 0 Å². The Bertz CT molecular complexity index is 465. The van der Waals surface area contributed by atoms with Crippen LogP contribution in [-0.2, 0) is 6.54 Å². The van der Waals surface area contributed by atoms with Gasteiger partial charge in [-0.05, 0) is 55.7 Å². The molecule has 0 radical (unpaired) electrons. The summed E-state index contributed by atoms with van der Waals surface area (Å²) in [5, 5.41) is 3.60. The van der Waals surface area contributed by atoms with E-state index in [1.807, 2.05) is 0 Å². The number of hydrogen-bond acceptors (Lipinski definition) is 3. The lowest BCUT2D eigenvalue weighted by atomic mass is 9.95. The van der Waals surface area contributed by atoms with E-state index < -0.39 is 0 Å². The van der Waals surface area contributed by atoms with Gasteiger partial charge in [0.15, 0.2) is 0 Å². The Morgan fingerprint density at radius 2 is 2.10 bits per heavy atom. The van der Waals surface area contributed by atoms with Crippen LogP contribution in [0.3, 0.4) is 0 Å². The van der Waals surface area contributed by atoms with Crippen LogP contribution in [0.5, 0.6) is 0 Å². The molecule has 2 heterocycles. The van der Waals surface area contributed by atoms with Crippen LogP contribution < -0.4 is 10.2 Å². The minimum absolute atomic E-state index is 0.768. The highest BCUT2D eigenvalue weighted by Crippen LogP contribution is 2.28.